The number of benzene rings is 4. The summed E-state index contributed by atoms with van der Waals surface area (Å²) in [6.45, 7) is 0. The third-order valence-electron chi connectivity index (χ3n) is 5.13. The maximum atomic E-state index is 9.68. The van der Waals surface area contributed by atoms with Gasteiger partial charge in [0.05, 0.1) is 11.6 Å². The average molecular weight is 410 g/mol. The van der Waals surface area contributed by atoms with E-state index in [0.717, 1.165) is 27.8 Å². The Morgan fingerprint density at radius 3 is 1.28 bits per heavy atom. The van der Waals surface area contributed by atoms with Crippen LogP contribution < -0.4 is 0 Å². The van der Waals surface area contributed by atoms with Crippen LogP contribution >= 0.6 is 0 Å². The van der Waals surface area contributed by atoms with Crippen LogP contribution in [0.5, 0.6) is 0 Å². The first-order valence-electron chi connectivity index (χ1n) is 10.6. The van der Waals surface area contributed by atoms with Crippen molar-refractivity contribution in [1.82, 2.24) is 0 Å². The number of hydrogen-bond acceptors (Lipinski definition) is 1. The highest BCUT2D eigenvalue weighted by molar-refractivity contribution is 5.90. The molecule has 4 aromatic carbocycles. The second-order valence-electron chi connectivity index (χ2n) is 7.45. The van der Waals surface area contributed by atoms with E-state index >= 15 is 0 Å². The van der Waals surface area contributed by atoms with Gasteiger partial charge in [0.1, 0.15) is 0 Å². The minimum Gasteiger partial charge on any atom is -0.192 e. The highest BCUT2D eigenvalue weighted by atomic mass is 14.2. The molecule has 4 aromatic rings. The van der Waals surface area contributed by atoms with Crippen LogP contribution in [0.25, 0.3) is 36.0 Å². The van der Waals surface area contributed by atoms with Crippen molar-refractivity contribution in [3.63, 3.8) is 0 Å². The van der Waals surface area contributed by atoms with Crippen LogP contribution in [-0.4, -0.2) is 0 Å². The minimum absolute atomic E-state index is 0.649. The van der Waals surface area contributed by atoms with Crippen molar-refractivity contribution < 1.29 is 0 Å². The summed E-state index contributed by atoms with van der Waals surface area (Å²) in [6.07, 6.45) is 10.3. The monoisotopic (exact) mass is 409 g/mol. The average Bonchev–Trinajstić information content (AvgIpc) is 2.87. The lowest BCUT2D eigenvalue weighted by molar-refractivity contribution is 1.52. The van der Waals surface area contributed by atoms with Gasteiger partial charge in [0.15, 0.2) is 0 Å². The van der Waals surface area contributed by atoms with E-state index in [1.54, 1.807) is 0 Å². The molecule has 0 N–H and O–H groups in total. The van der Waals surface area contributed by atoms with Gasteiger partial charge in [-0.15, -0.1) is 0 Å². The van der Waals surface area contributed by atoms with Gasteiger partial charge in [0.2, 0.25) is 0 Å². The quantitative estimate of drug-likeness (QED) is 0.233. The smallest absolute Gasteiger partial charge is 0.0998 e. The standard InChI is InChI=1S/C31H23N/c32-24-31(30-21-19-28(20-22-30)14-12-26-9-5-2-6-10-26)23-29-17-15-27(16-18-29)13-11-25-7-3-1-4-8-25/h1-23H/b13-11+,14-12+,31-23-. The molecule has 0 heterocycles. The van der Waals surface area contributed by atoms with Gasteiger partial charge in [-0.25, -0.2) is 0 Å². The van der Waals surface area contributed by atoms with Crippen molar-refractivity contribution in [3.8, 4) is 6.07 Å². The van der Waals surface area contributed by atoms with E-state index in [4.69, 9.17) is 0 Å². The lowest BCUT2D eigenvalue weighted by Gasteiger charge is -2.02. The van der Waals surface area contributed by atoms with Gasteiger partial charge in [-0.2, -0.15) is 5.26 Å². The molecule has 0 amide bonds. The van der Waals surface area contributed by atoms with Crippen LogP contribution in [0.3, 0.4) is 0 Å². The van der Waals surface area contributed by atoms with Gasteiger partial charge >= 0.3 is 0 Å². The molecule has 0 radical (unpaired) electrons. The minimum atomic E-state index is 0.649. The normalized spacial score (nSPS) is 11.7. The Kier molecular flexibility index (Phi) is 6.88. The second kappa shape index (κ2) is 10.6. The van der Waals surface area contributed by atoms with Gasteiger partial charge < -0.3 is 0 Å². The van der Waals surface area contributed by atoms with Crippen molar-refractivity contribution in [2.24, 2.45) is 0 Å². The molecule has 0 aliphatic carbocycles. The lowest BCUT2D eigenvalue weighted by atomic mass is 10.0. The molecule has 0 spiro atoms. The summed E-state index contributed by atoms with van der Waals surface area (Å²) in [5, 5.41) is 9.68. The summed E-state index contributed by atoms with van der Waals surface area (Å²) in [5.74, 6) is 0. The molecule has 1 heteroatoms. The Bertz CT molecular complexity index is 1270. The highest BCUT2D eigenvalue weighted by Crippen LogP contribution is 2.20. The molecule has 0 aliphatic heterocycles. The number of hydrogen-bond donors (Lipinski definition) is 0. The third-order valence-corrected chi connectivity index (χ3v) is 5.13. The molecule has 152 valence electrons. The van der Waals surface area contributed by atoms with E-state index in [9.17, 15) is 5.26 Å². The van der Waals surface area contributed by atoms with Gasteiger partial charge in [0, 0.05) is 0 Å². The van der Waals surface area contributed by atoms with Crippen LogP contribution in [-0.2, 0) is 0 Å². The maximum absolute atomic E-state index is 9.68. The molecule has 0 atom stereocenters. The summed E-state index contributed by atoms with van der Waals surface area (Å²) < 4.78 is 0. The highest BCUT2D eigenvalue weighted by Gasteiger charge is 2.01. The van der Waals surface area contributed by atoms with E-state index in [1.807, 2.05) is 78.9 Å². The molecular formula is C31H23N. The number of nitrogens with zero attached hydrogens (tertiary/aromatic N) is 1. The Morgan fingerprint density at radius 1 is 0.469 bits per heavy atom. The summed E-state index contributed by atoms with van der Waals surface area (Å²) in [7, 11) is 0. The van der Waals surface area contributed by atoms with Crippen LogP contribution in [0, 0.1) is 11.3 Å². The van der Waals surface area contributed by atoms with E-state index < -0.39 is 0 Å². The first-order valence-corrected chi connectivity index (χ1v) is 10.6. The molecule has 0 aliphatic rings. The molecule has 0 unspecified atom stereocenters. The molecule has 0 saturated carbocycles. The summed E-state index contributed by atoms with van der Waals surface area (Å²) >= 11 is 0. The zero-order chi connectivity index (χ0) is 22.0. The number of rotatable bonds is 6. The van der Waals surface area contributed by atoms with Gasteiger partial charge in [-0.3, -0.25) is 0 Å². The first kappa shape index (κ1) is 20.8. The van der Waals surface area contributed by atoms with E-state index in [0.29, 0.717) is 5.57 Å². The summed E-state index contributed by atoms with van der Waals surface area (Å²) in [5.41, 5.74) is 7.13. The molecule has 0 saturated heterocycles. The molecule has 0 fully saturated rings. The molecule has 32 heavy (non-hydrogen) atoms. The van der Waals surface area contributed by atoms with Crippen LogP contribution in [0.4, 0.5) is 0 Å². The van der Waals surface area contributed by atoms with Gasteiger partial charge in [-0.1, -0.05) is 133 Å². The van der Waals surface area contributed by atoms with Gasteiger partial charge in [-0.05, 0) is 39.5 Å². The summed E-state index contributed by atoms with van der Waals surface area (Å²) in [4.78, 5) is 0. The number of nitriles is 1. The zero-order valence-electron chi connectivity index (χ0n) is 17.7. The fourth-order valence-electron chi connectivity index (χ4n) is 3.34. The largest absolute Gasteiger partial charge is 0.192 e. The second-order valence-corrected chi connectivity index (χ2v) is 7.45. The van der Waals surface area contributed by atoms with E-state index in [-0.39, 0.29) is 0 Å². The molecule has 4 rings (SSSR count). The fourth-order valence-corrected chi connectivity index (χ4v) is 3.34. The molecule has 0 aromatic heterocycles. The van der Waals surface area contributed by atoms with Crippen LogP contribution in [0.1, 0.15) is 33.4 Å². The fraction of sp³-hybridized carbons (Fsp3) is 0. The Balaban J connectivity index is 1.46. The first-order chi connectivity index (χ1) is 15.8. The van der Waals surface area contributed by atoms with Crippen LogP contribution in [0.2, 0.25) is 0 Å². The van der Waals surface area contributed by atoms with Crippen molar-refractivity contribution in [3.05, 3.63) is 143 Å². The van der Waals surface area contributed by atoms with Crippen molar-refractivity contribution >= 4 is 36.0 Å². The van der Waals surface area contributed by atoms with Crippen LogP contribution in [0.15, 0.2) is 109 Å². The predicted octanol–water partition coefficient (Wildman–Crippen LogP) is 8.09. The van der Waals surface area contributed by atoms with E-state index in [2.05, 4.69) is 66.8 Å². The predicted molar refractivity (Wildman–Crippen MR) is 137 cm³/mol. The molecular weight excluding hydrogens is 386 g/mol. The van der Waals surface area contributed by atoms with Crippen molar-refractivity contribution in [1.29, 1.82) is 5.26 Å². The van der Waals surface area contributed by atoms with Crippen molar-refractivity contribution in [2.45, 2.75) is 0 Å². The summed E-state index contributed by atoms with van der Waals surface area (Å²) in [6, 6.07) is 39.1. The Labute approximate surface area is 189 Å². The zero-order valence-corrected chi connectivity index (χ0v) is 17.7. The molecule has 1 nitrogen and oxygen atoms in total. The molecule has 0 bridgehead atoms. The topological polar surface area (TPSA) is 23.8 Å². The SMILES string of the molecule is N#C/C(=C/c1ccc(/C=C/c2ccccc2)cc1)c1ccc(/C=C/c2ccccc2)cc1. The number of allylic oxidation sites excluding steroid dienone is 1. The van der Waals surface area contributed by atoms with Crippen molar-refractivity contribution in [2.75, 3.05) is 0 Å². The van der Waals surface area contributed by atoms with Gasteiger partial charge in [0.25, 0.3) is 0 Å². The van der Waals surface area contributed by atoms with E-state index in [1.165, 1.54) is 5.56 Å². The Hall–Kier alpha value is -4.41. The lowest BCUT2D eigenvalue weighted by Crippen LogP contribution is -1.83. The Morgan fingerprint density at radius 2 is 0.844 bits per heavy atom. The third kappa shape index (κ3) is 5.81. The maximum Gasteiger partial charge on any atom is 0.0998 e.